The lowest BCUT2D eigenvalue weighted by Gasteiger charge is -2.35. The van der Waals surface area contributed by atoms with E-state index in [1.54, 1.807) is 30.7 Å². The fraction of sp³-hybridized carbons (Fsp3) is 0.609. The van der Waals surface area contributed by atoms with E-state index in [4.69, 9.17) is 5.11 Å². The van der Waals surface area contributed by atoms with Gasteiger partial charge in [-0.15, -0.1) is 0 Å². The number of urea groups is 1. The second-order valence-electron chi connectivity index (χ2n) is 17.5. The van der Waals surface area contributed by atoms with E-state index in [0.29, 0.717) is 25.0 Å². The van der Waals surface area contributed by atoms with Gasteiger partial charge < -0.3 is 56.8 Å². The van der Waals surface area contributed by atoms with Crippen molar-refractivity contribution < 1.29 is 84.0 Å². The minimum Gasteiger partial charge on any atom is -0.481 e. The number of carbonyl (C=O) groups excluding carboxylic acids is 2. The number of aliphatic carboxylic acids is 7. The Hall–Kier alpha value is -6.58. The van der Waals surface area contributed by atoms with Crippen molar-refractivity contribution in [3.05, 3.63) is 42.2 Å². The third-order valence-corrected chi connectivity index (χ3v) is 12.1. The molecule has 2 heterocycles. The van der Waals surface area contributed by atoms with E-state index in [0.717, 1.165) is 10.8 Å². The van der Waals surface area contributed by atoms with Gasteiger partial charge >= 0.3 is 47.8 Å². The predicted octanol–water partition coefficient (Wildman–Crippen LogP) is -0.409. The standard InChI is InChI=1S/C46H69N9O17/c56-37(13-12-36(45(70)71)54-25-23-52(29-41(62)63)21-19-51(28-40(60)61)20-22-53(24-26-54)30-42(64)65)48-16-5-3-10-38(57)55(27-35-32-8-2-1-7-31(32)15-17-47-35)18-6-4-9-33(43(66)67)49-46(72)50-34(44(68)69)11-14-39(58)59/h1-2,7-8,15,17,33-34,36,38,57H,3-6,9-14,16,18-30H2,(H,48,56)(H,58,59)(H,60,61)(H,62,63)(H,64,65)(H,66,67)(H,68,69)(H,70,71)(H2,49,50,72)/t33?,34-,36?,38?/m0/s1. The first-order valence-corrected chi connectivity index (χ1v) is 23.8. The zero-order valence-corrected chi connectivity index (χ0v) is 40.2. The highest BCUT2D eigenvalue weighted by Crippen LogP contribution is 2.21. The van der Waals surface area contributed by atoms with Gasteiger partial charge in [-0.3, -0.25) is 58.3 Å². The topological polar surface area (TPSA) is 381 Å². The number of fused-ring (bicyclic) bond motifs is 1. The van der Waals surface area contributed by atoms with Gasteiger partial charge in [-0.05, 0) is 62.8 Å². The number of benzene rings is 1. The number of carbonyl (C=O) groups is 9. The molecule has 2 aromatic rings. The number of aliphatic hydroxyl groups excluding tert-OH is 1. The molecule has 26 heteroatoms. The smallest absolute Gasteiger partial charge is 0.326 e. The summed E-state index contributed by atoms with van der Waals surface area (Å²) in [6.45, 7) is 0.584. The molecule has 1 saturated heterocycles. The summed E-state index contributed by atoms with van der Waals surface area (Å²) in [4.78, 5) is 120. The van der Waals surface area contributed by atoms with Crippen LogP contribution in [-0.2, 0) is 44.9 Å². The average Bonchev–Trinajstić information content (AvgIpc) is 3.30. The van der Waals surface area contributed by atoms with Crippen molar-refractivity contribution in [1.82, 2.24) is 45.4 Å². The van der Waals surface area contributed by atoms with E-state index in [-0.39, 0.29) is 124 Å². The van der Waals surface area contributed by atoms with E-state index in [1.165, 1.54) is 0 Å². The van der Waals surface area contributed by atoms with Crippen LogP contribution < -0.4 is 16.0 Å². The number of aromatic nitrogens is 1. The van der Waals surface area contributed by atoms with Crippen molar-refractivity contribution in [2.45, 2.75) is 95.1 Å². The van der Waals surface area contributed by atoms with Crippen LogP contribution in [0.15, 0.2) is 36.5 Å². The van der Waals surface area contributed by atoms with E-state index < -0.39 is 90.9 Å². The molecule has 0 aliphatic carbocycles. The summed E-state index contributed by atoms with van der Waals surface area (Å²) in [5.41, 5.74) is 0.684. The number of aliphatic hydroxyl groups is 1. The van der Waals surface area contributed by atoms with Crippen molar-refractivity contribution in [3.8, 4) is 0 Å². The lowest BCUT2D eigenvalue weighted by atomic mass is 10.1. The molecule has 1 aliphatic heterocycles. The van der Waals surface area contributed by atoms with Gasteiger partial charge in [0.05, 0.1) is 25.3 Å². The molecule has 0 saturated carbocycles. The summed E-state index contributed by atoms with van der Waals surface area (Å²) in [7, 11) is 0. The second kappa shape index (κ2) is 31.7. The van der Waals surface area contributed by atoms with Crippen LogP contribution in [-0.4, -0.2) is 233 Å². The third-order valence-electron chi connectivity index (χ3n) is 12.1. The number of carboxylic acids is 7. The number of nitrogens with zero attached hydrogens (tertiary/aromatic N) is 6. The van der Waals surface area contributed by atoms with E-state index in [2.05, 4.69) is 20.9 Å². The summed E-state index contributed by atoms with van der Waals surface area (Å²) in [6, 6.07) is 4.19. The SMILES string of the molecule is O=C(O)CC[C@H](NC(=O)NC(CCCCN(Cc1nccc2ccccc12)C(O)CCCCNC(=O)CCC(C(=O)O)N1CCN(CC(=O)O)CCN(CC(=O)O)CCN(CC(=O)O)CC1)C(=O)O)C(=O)O. The maximum atomic E-state index is 13.1. The summed E-state index contributed by atoms with van der Waals surface area (Å²) in [5.74, 6) is -9.13. The van der Waals surface area contributed by atoms with Crippen LogP contribution in [0.2, 0.25) is 0 Å². The third kappa shape index (κ3) is 23.1. The highest BCUT2D eigenvalue weighted by atomic mass is 16.4. The van der Waals surface area contributed by atoms with Gasteiger partial charge in [0.15, 0.2) is 0 Å². The molecule has 400 valence electrons. The largest absolute Gasteiger partial charge is 0.481 e. The first kappa shape index (κ1) is 59.7. The zero-order chi connectivity index (χ0) is 53.2. The number of hydrogen-bond donors (Lipinski definition) is 11. The summed E-state index contributed by atoms with van der Waals surface area (Å²) < 4.78 is 0. The van der Waals surface area contributed by atoms with Gasteiger partial charge in [-0.2, -0.15) is 0 Å². The number of nitrogens with one attached hydrogen (secondary N) is 3. The Morgan fingerprint density at radius 1 is 0.583 bits per heavy atom. The van der Waals surface area contributed by atoms with Gasteiger partial charge in [-0.25, -0.2) is 14.4 Å². The molecule has 1 aromatic heterocycles. The Labute approximate surface area is 415 Å². The number of hydrogen-bond acceptors (Lipinski definition) is 16. The molecular weight excluding hydrogens is 951 g/mol. The molecular formula is C46H69N9O17. The van der Waals surface area contributed by atoms with Crippen molar-refractivity contribution >= 4 is 64.5 Å². The Bertz CT molecular complexity index is 2100. The van der Waals surface area contributed by atoms with Crippen LogP contribution in [0.1, 0.15) is 69.9 Å². The fourth-order valence-corrected chi connectivity index (χ4v) is 8.23. The fourth-order valence-electron chi connectivity index (χ4n) is 8.23. The van der Waals surface area contributed by atoms with Gasteiger partial charge in [0, 0.05) is 96.4 Å². The zero-order valence-electron chi connectivity index (χ0n) is 40.2. The highest BCUT2D eigenvalue weighted by Gasteiger charge is 2.30. The van der Waals surface area contributed by atoms with Gasteiger partial charge in [-0.1, -0.05) is 24.3 Å². The lowest BCUT2D eigenvalue weighted by Crippen LogP contribution is -2.52. The van der Waals surface area contributed by atoms with Gasteiger partial charge in [0.25, 0.3) is 0 Å². The molecule has 0 spiro atoms. The number of carboxylic acid groups (broad SMARTS) is 7. The number of rotatable bonds is 31. The van der Waals surface area contributed by atoms with Crippen LogP contribution in [0.5, 0.6) is 0 Å². The van der Waals surface area contributed by atoms with Crippen molar-refractivity contribution in [3.63, 3.8) is 0 Å². The summed E-state index contributed by atoms with van der Waals surface area (Å²) in [5, 5.41) is 87.2. The highest BCUT2D eigenvalue weighted by molar-refractivity contribution is 5.86. The summed E-state index contributed by atoms with van der Waals surface area (Å²) >= 11 is 0. The molecule has 11 N–H and O–H groups in total. The van der Waals surface area contributed by atoms with Crippen LogP contribution in [0, 0.1) is 0 Å². The maximum absolute atomic E-state index is 13.1. The monoisotopic (exact) mass is 1020 g/mol. The summed E-state index contributed by atoms with van der Waals surface area (Å²) in [6.07, 6.45) is 1.14. The number of pyridine rings is 1. The van der Waals surface area contributed by atoms with Crippen molar-refractivity contribution in [2.24, 2.45) is 0 Å². The molecule has 1 fully saturated rings. The molecule has 3 rings (SSSR count). The van der Waals surface area contributed by atoms with Gasteiger partial charge in [0.2, 0.25) is 5.91 Å². The molecule has 1 aromatic carbocycles. The van der Waals surface area contributed by atoms with Crippen LogP contribution in [0.4, 0.5) is 4.79 Å². The predicted molar refractivity (Wildman–Crippen MR) is 255 cm³/mol. The molecule has 4 atom stereocenters. The Morgan fingerprint density at radius 2 is 1.11 bits per heavy atom. The number of amides is 3. The second-order valence-corrected chi connectivity index (χ2v) is 17.5. The average molecular weight is 1020 g/mol. The normalized spacial score (nSPS) is 16.3. The maximum Gasteiger partial charge on any atom is 0.326 e. The molecule has 0 bridgehead atoms. The molecule has 3 amide bonds. The molecule has 3 unspecified atom stereocenters. The van der Waals surface area contributed by atoms with Crippen LogP contribution in [0.3, 0.4) is 0 Å². The first-order valence-electron chi connectivity index (χ1n) is 23.8. The minimum absolute atomic E-state index is 0.0512. The van der Waals surface area contributed by atoms with Crippen molar-refractivity contribution in [2.75, 3.05) is 85.1 Å². The Morgan fingerprint density at radius 3 is 1.64 bits per heavy atom. The first-order chi connectivity index (χ1) is 34.2. The molecule has 72 heavy (non-hydrogen) atoms. The van der Waals surface area contributed by atoms with E-state index in [1.807, 2.05) is 30.3 Å². The molecule has 26 nitrogen and oxygen atoms in total. The van der Waals surface area contributed by atoms with Crippen LogP contribution in [0.25, 0.3) is 10.8 Å². The lowest BCUT2D eigenvalue weighted by molar-refractivity contribution is -0.145. The van der Waals surface area contributed by atoms with Crippen LogP contribution >= 0.6 is 0 Å². The number of unbranched alkanes of at least 4 members (excludes halogenated alkanes) is 2. The van der Waals surface area contributed by atoms with E-state index in [9.17, 15) is 78.9 Å². The van der Waals surface area contributed by atoms with Crippen molar-refractivity contribution in [1.29, 1.82) is 0 Å². The van der Waals surface area contributed by atoms with Gasteiger partial charge in [0.1, 0.15) is 24.4 Å². The molecule has 1 aliphatic rings. The quantitative estimate of drug-likeness (QED) is 0.0338. The Kier molecular flexibility index (Phi) is 26.3. The Balaban J connectivity index is 1.59. The molecule has 0 radical (unpaired) electrons. The van der Waals surface area contributed by atoms with E-state index >= 15 is 0 Å². The minimum atomic E-state index is -1.55.